The van der Waals surface area contributed by atoms with Crippen molar-refractivity contribution in [1.82, 2.24) is 4.98 Å². The number of hydrogen-bond donors (Lipinski definition) is 1. The molecule has 0 saturated heterocycles. The van der Waals surface area contributed by atoms with Gasteiger partial charge in [-0.2, -0.15) is 0 Å². The first-order chi connectivity index (χ1) is 7.79. The van der Waals surface area contributed by atoms with Gasteiger partial charge >= 0.3 is 0 Å². The Hall–Kier alpha value is -2.01. The number of aromatic nitrogens is 1. The van der Waals surface area contributed by atoms with Gasteiger partial charge < -0.3 is 5.32 Å². The first kappa shape index (κ1) is 10.5. The molecule has 1 heterocycles. The van der Waals surface area contributed by atoms with Crippen LogP contribution in [0.5, 0.6) is 0 Å². The topological polar surface area (TPSA) is 59.1 Å². The van der Waals surface area contributed by atoms with Gasteiger partial charge in [0.15, 0.2) is 0 Å². The second kappa shape index (κ2) is 4.67. The van der Waals surface area contributed by atoms with Crippen molar-refractivity contribution in [3.8, 4) is 0 Å². The molecule has 5 heteroatoms. The van der Waals surface area contributed by atoms with Crippen LogP contribution in [0, 0.1) is 0 Å². The van der Waals surface area contributed by atoms with Gasteiger partial charge in [-0.05, 0) is 12.1 Å². The van der Waals surface area contributed by atoms with Gasteiger partial charge in [0.25, 0.3) is 5.91 Å². The van der Waals surface area contributed by atoms with Gasteiger partial charge in [-0.1, -0.05) is 12.1 Å². The Bertz CT molecular complexity index is 508. The Kier molecular flexibility index (Phi) is 3.07. The van der Waals surface area contributed by atoms with E-state index in [-0.39, 0.29) is 5.91 Å². The first-order valence-electron chi connectivity index (χ1n) is 4.54. The van der Waals surface area contributed by atoms with Crippen LogP contribution in [0.25, 0.3) is 0 Å². The summed E-state index contributed by atoms with van der Waals surface area (Å²) in [5, 5.41) is 4.33. The third-order valence-corrected chi connectivity index (χ3v) is 2.53. The van der Waals surface area contributed by atoms with Crippen molar-refractivity contribution in [1.29, 1.82) is 0 Å². The summed E-state index contributed by atoms with van der Waals surface area (Å²) in [4.78, 5) is 26.1. The fourth-order valence-electron chi connectivity index (χ4n) is 1.21. The van der Waals surface area contributed by atoms with Crippen molar-refractivity contribution in [2.24, 2.45) is 0 Å². The highest BCUT2D eigenvalue weighted by molar-refractivity contribution is 7.07. The zero-order valence-electron chi connectivity index (χ0n) is 8.21. The minimum atomic E-state index is -0.274. The van der Waals surface area contributed by atoms with Gasteiger partial charge in [0.2, 0.25) is 0 Å². The van der Waals surface area contributed by atoms with Crippen LogP contribution >= 0.6 is 11.3 Å². The second-order valence-corrected chi connectivity index (χ2v) is 3.79. The lowest BCUT2D eigenvalue weighted by Gasteiger charge is -2.03. The van der Waals surface area contributed by atoms with Crippen molar-refractivity contribution in [3.63, 3.8) is 0 Å². The summed E-state index contributed by atoms with van der Waals surface area (Å²) in [6, 6.07) is 6.71. The Morgan fingerprint density at radius 2 is 2.31 bits per heavy atom. The number of amides is 1. The summed E-state index contributed by atoms with van der Waals surface area (Å²) < 4.78 is 0. The van der Waals surface area contributed by atoms with E-state index in [0.717, 1.165) is 6.29 Å². The SMILES string of the molecule is O=Cc1cccc(NC(=O)c2cscn2)c1. The van der Waals surface area contributed by atoms with Crippen LogP contribution < -0.4 is 5.32 Å². The molecule has 0 aliphatic rings. The number of thiazole rings is 1. The maximum atomic E-state index is 11.6. The van der Waals surface area contributed by atoms with E-state index in [9.17, 15) is 9.59 Å². The number of rotatable bonds is 3. The maximum absolute atomic E-state index is 11.6. The van der Waals surface area contributed by atoms with Gasteiger partial charge in [-0.3, -0.25) is 9.59 Å². The molecular formula is C11H8N2O2S. The molecule has 0 fully saturated rings. The van der Waals surface area contributed by atoms with Gasteiger partial charge in [-0.15, -0.1) is 11.3 Å². The average molecular weight is 232 g/mol. The molecule has 1 N–H and O–H groups in total. The zero-order valence-corrected chi connectivity index (χ0v) is 9.03. The Morgan fingerprint density at radius 3 is 3.00 bits per heavy atom. The smallest absolute Gasteiger partial charge is 0.275 e. The zero-order chi connectivity index (χ0) is 11.4. The number of anilines is 1. The van der Waals surface area contributed by atoms with E-state index >= 15 is 0 Å². The molecule has 0 bridgehead atoms. The molecule has 1 aromatic heterocycles. The quantitative estimate of drug-likeness (QED) is 0.825. The molecule has 0 radical (unpaired) electrons. The number of benzene rings is 1. The second-order valence-electron chi connectivity index (χ2n) is 3.07. The van der Waals surface area contributed by atoms with Crippen LogP contribution in [0.4, 0.5) is 5.69 Å². The summed E-state index contributed by atoms with van der Waals surface area (Å²) in [5.74, 6) is -0.274. The highest BCUT2D eigenvalue weighted by atomic mass is 32.1. The van der Waals surface area contributed by atoms with Crippen molar-refractivity contribution in [3.05, 3.63) is 46.4 Å². The molecule has 1 amide bonds. The average Bonchev–Trinajstić information content (AvgIpc) is 2.83. The van der Waals surface area contributed by atoms with E-state index in [0.29, 0.717) is 16.9 Å². The first-order valence-corrected chi connectivity index (χ1v) is 5.48. The molecular weight excluding hydrogens is 224 g/mol. The molecule has 0 saturated carbocycles. The third-order valence-electron chi connectivity index (χ3n) is 1.95. The molecule has 4 nitrogen and oxygen atoms in total. The van der Waals surface area contributed by atoms with Crippen LogP contribution in [0.2, 0.25) is 0 Å². The fraction of sp³-hybridized carbons (Fsp3) is 0. The summed E-state index contributed by atoms with van der Waals surface area (Å²) in [6.07, 6.45) is 0.735. The number of aldehydes is 1. The molecule has 80 valence electrons. The number of hydrogen-bond acceptors (Lipinski definition) is 4. The van der Waals surface area contributed by atoms with Crippen LogP contribution in [-0.4, -0.2) is 17.2 Å². The lowest BCUT2D eigenvalue weighted by atomic mass is 10.2. The normalized spacial score (nSPS) is 9.75. The maximum Gasteiger partial charge on any atom is 0.275 e. The lowest BCUT2D eigenvalue weighted by molar-refractivity contribution is 0.102. The number of nitrogens with zero attached hydrogens (tertiary/aromatic N) is 1. The minimum Gasteiger partial charge on any atom is -0.321 e. The van der Waals surface area contributed by atoms with E-state index < -0.39 is 0 Å². The van der Waals surface area contributed by atoms with Crippen molar-refractivity contribution < 1.29 is 9.59 Å². The number of nitrogens with one attached hydrogen (secondary N) is 1. The highest BCUT2D eigenvalue weighted by Gasteiger charge is 2.07. The minimum absolute atomic E-state index is 0.274. The van der Waals surface area contributed by atoms with E-state index in [4.69, 9.17) is 0 Å². The molecule has 0 aliphatic carbocycles. The number of carbonyl (C=O) groups excluding carboxylic acids is 2. The molecule has 0 aliphatic heterocycles. The summed E-state index contributed by atoms with van der Waals surface area (Å²) in [6.45, 7) is 0. The Balaban J connectivity index is 2.15. The van der Waals surface area contributed by atoms with Crippen LogP contribution in [0.1, 0.15) is 20.8 Å². The van der Waals surface area contributed by atoms with Crippen molar-refractivity contribution in [2.75, 3.05) is 5.32 Å². The molecule has 0 unspecified atom stereocenters. The summed E-state index contributed by atoms with van der Waals surface area (Å²) >= 11 is 1.36. The van der Waals surface area contributed by atoms with Gasteiger partial charge in [-0.25, -0.2) is 4.98 Å². The fourth-order valence-corrected chi connectivity index (χ4v) is 1.74. The largest absolute Gasteiger partial charge is 0.321 e. The predicted molar refractivity (Wildman–Crippen MR) is 61.9 cm³/mol. The van der Waals surface area contributed by atoms with Crippen LogP contribution in [-0.2, 0) is 0 Å². The third kappa shape index (κ3) is 2.32. The molecule has 1 aromatic carbocycles. The van der Waals surface area contributed by atoms with E-state index in [1.807, 2.05) is 0 Å². The van der Waals surface area contributed by atoms with Gasteiger partial charge in [0.1, 0.15) is 12.0 Å². The van der Waals surface area contributed by atoms with Gasteiger partial charge in [0, 0.05) is 16.6 Å². The van der Waals surface area contributed by atoms with Crippen molar-refractivity contribution >= 4 is 29.2 Å². The molecule has 0 atom stereocenters. The van der Waals surface area contributed by atoms with Crippen molar-refractivity contribution in [2.45, 2.75) is 0 Å². The number of carbonyl (C=O) groups is 2. The highest BCUT2D eigenvalue weighted by Crippen LogP contribution is 2.11. The lowest BCUT2D eigenvalue weighted by Crippen LogP contribution is -2.12. The van der Waals surface area contributed by atoms with Crippen LogP contribution in [0.15, 0.2) is 35.2 Å². The summed E-state index contributed by atoms with van der Waals surface area (Å²) in [7, 11) is 0. The molecule has 0 spiro atoms. The summed E-state index contributed by atoms with van der Waals surface area (Å²) in [5.41, 5.74) is 3.08. The predicted octanol–water partition coefficient (Wildman–Crippen LogP) is 2.21. The molecule has 16 heavy (non-hydrogen) atoms. The monoisotopic (exact) mass is 232 g/mol. The molecule has 2 aromatic rings. The Labute approximate surface area is 96.0 Å². The molecule has 2 rings (SSSR count). The Morgan fingerprint density at radius 1 is 1.44 bits per heavy atom. The van der Waals surface area contributed by atoms with E-state index in [1.165, 1.54) is 11.3 Å². The van der Waals surface area contributed by atoms with Gasteiger partial charge in [0.05, 0.1) is 5.51 Å². The van der Waals surface area contributed by atoms with Crippen LogP contribution in [0.3, 0.4) is 0 Å². The van der Waals surface area contributed by atoms with E-state index in [1.54, 1.807) is 35.2 Å². The van der Waals surface area contributed by atoms with E-state index in [2.05, 4.69) is 10.3 Å². The standard InChI is InChI=1S/C11H8N2O2S/c14-5-8-2-1-3-9(4-8)13-11(15)10-6-16-7-12-10/h1-7H,(H,13,15).